The van der Waals surface area contributed by atoms with E-state index in [-0.39, 0.29) is 0 Å². The summed E-state index contributed by atoms with van der Waals surface area (Å²) in [6, 6.07) is 0. The molecule has 0 aliphatic carbocycles. The van der Waals surface area contributed by atoms with Gasteiger partial charge in [-0.25, -0.2) is 0 Å². The second-order valence-corrected chi connectivity index (χ2v) is 5.58. The van der Waals surface area contributed by atoms with Gasteiger partial charge in [0.05, 0.1) is 0 Å². The molecule has 0 bridgehead atoms. The largest absolute Gasteiger partial charge is 0.327 e. The highest BCUT2D eigenvalue weighted by atomic mass is 33.1. The lowest BCUT2D eigenvalue weighted by atomic mass is 10.3. The van der Waals surface area contributed by atoms with Crippen LogP contribution in [-0.2, 0) is 0 Å². The van der Waals surface area contributed by atoms with E-state index in [4.69, 9.17) is 5.73 Å². The third-order valence-corrected chi connectivity index (χ3v) is 4.17. The van der Waals surface area contributed by atoms with E-state index in [1.807, 2.05) is 21.6 Å². The van der Waals surface area contributed by atoms with E-state index in [1.54, 1.807) is 0 Å². The Hall–Kier alpha value is 0.360. The van der Waals surface area contributed by atoms with Crippen LogP contribution in [0.25, 0.3) is 0 Å². The monoisotopic (exact) mass is 204 g/mol. The van der Waals surface area contributed by atoms with Gasteiger partial charge in [-0.2, -0.15) is 0 Å². The van der Waals surface area contributed by atoms with Gasteiger partial charge in [0.15, 0.2) is 0 Å². The van der Waals surface area contributed by atoms with E-state index in [2.05, 4.69) is 11.5 Å². The lowest BCUT2D eigenvalue weighted by Gasteiger charge is -2.19. The summed E-state index contributed by atoms with van der Waals surface area (Å²) in [5.41, 5.74) is 6.64. The van der Waals surface area contributed by atoms with Crippen molar-refractivity contribution in [1.29, 1.82) is 0 Å². The predicted molar refractivity (Wildman–Crippen MR) is 59.6 cm³/mol. The summed E-state index contributed by atoms with van der Waals surface area (Å²) in [7, 11) is 3.94. The Bertz CT molecular complexity index is 142. The minimum atomic E-state index is 0.622. The SMILES string of the molecule is C=C(CN)CN1CCSSCC1. The maximum Gasteiger partial charge on any atom is 0.0203 e. The topological polar surface area (TPSA) is 29.3 Å². The molecule has 1 fully saturated rings. The highest BCUT2D eigenvalue weighted by molar-refractivity contribution is 8.76. The van der Waals surface area contributed by atoms with Crippen molar-refractivity contribution in [2.45, 2.75) is 0 Å². The lowest BCUT2D eigenvalue weighted by molar-refractivity contribution is 0.336. The number of hydrogen-bond donors (Lipinski definition) is 1. The van der Waals surface area contributed by atoms with E-state index in [0.717, 1.165) is 12.1 Å². The predicted octanol–water partition coefficient (Wildman–Crippen LogP) is 1.20. The Balaban J connectivity index is 2.24. The van der Waals surface area contributed by atoms with Crippen LogP contribution in [0.5, 0.6) is 0 Å². The van der Waals surface area contributed by atoms with Crippen molar-refractivity contribution in [2.75, 3.05) is 37.7 Å². The second kappa shape index (κ2) is 5.91. The van der Waals surface area contributed by atoms with Crippen LogP contribution in [0.4, 0.5) is 0 Å². The van der Waals surface area contributed by atoms with Crippen molar-refractivity contribution in [3.8, 4) is 0 Å². The first-order valence-electron chi connectivity index (χ1n) is 4.16. The number of hydrogen-bond acceptors (Lipinski definition) is 4. The molecule has 0 aromatic rings. The maximum absolute atomic E-state index is 5.49. The van der Waals surface area contributed by atoms with Gasteiger partial charge in [-0.05, 0) is 5.57 Å². The highest BCUT2D eigenvalue weighted by Gasteiger charge is 2.09. The van der Waals surface area contributed by atoms with E-state index in [0.29, 0.717) is 6.54 Å². The van der Waals surface area contributed by atoms with E-state index < -0.39 is 0 Å². The highest BCUT2D eigenvalue weighted by Crippen LogP contribution is 2.23. The van der Waals surface area contributed by atoms with Crippen molar-refractivity contribution in [3.63, 3.8) is 0 Å². The molecule has 0 atom stereocenters. The average molecular weight is 204 g/mol. The van der Waals surface area contributed by atoms with Crippen LogP contribution in [0, 0.1) is 0 Å². The number of nitrogens with zero attached hydrogens (tertiary/aromatic N) is 1. The first-order chi connectivity index (χ1) is 5.83. The Labute approximate surface area is 82.3 Å². The molecule has 0 saturated carbocycles. The van der Waals surface area contributed by atoms with E-state index in [9.17, 15) is 0 Å². The Kier molecular flexibility index (Phi) is 5.14. The summed E-state index contributed by atoms with van der Waals surface area (Å²) in [6.45, 7) is 7.88. The molecule has 2 N–H and O–H groups in total. The van der Waals surface area contributed by atoms with Gasteiger partial charge in [0.25, 0.3) is 0 Å². The molecule has 2 nitrogen and oxygen atoms in total. The molecule has 0 aromatic carbocycles. The molecule has 1 heterocycles. The molecule has 4 heteroatoms. The van der Waals surface area contributed by atoms with Gasteiger partial charge in [0, 0.05) is 37.7 Å². The standard InChI is InChI=1S/C8H16N2S2/c1-8(6-9)7-10-2-4-11-12-5-3-10/h1-7,9H2. The number of rotatable bonds is 3. The van der Waals surface area contributed by atoms with Crippen molar-refractivity contribution in [3.05, 3.63) is 12.2 Å². The summed E-state index contributed by atoms with van der Waals surface area (Å²) < 4.78 is 0. The fraction of sp³-hybridized carbons (Fsp3) is 0.750. The van der Waals surface area contributed by atoms with Gasteiger partial charge in [-0.15, -0.1) is 0 Å². The third kappa shape index (κ3) is 3.85. The van der Waals surface area contributed by atoms with Gasteiger partial charge in [-0.1, -0.05) is 28.2 Å². The van der Waals surface area contributed by atoms with E-state index >= 15 is 0 Å². The zero-order chi connectivity index (χ0) is 8.81. The quantitative estimate of drug-likeness (QED) is 0.552. The number of nitrogens with two attached hydrogens (primary N) is 1. The van der Waals surface area contributed by atoms with Crippen LogP contribution >= 0.6 is 21.6 Å². The van der Waals surface area contributed by atoms with Gasteiger partial charge >= 0.3 is 0 Å². The normalized spacial score (nSPS) is 20.4. The molecule has 1 aliphatic rings. The summed E-state index contributed by atoms with van der Waals surface area (Å²) >= 11 is 0. The van der Waals surface area contributed by atoms with Crippen LogP contribution in [-0.4, -0.2) is 42.6 Å². The third-order valence-electron chi connectivity index (χ3n) is 1.80. The molecule has 0 spiro atoms. The first kappa shape index (κ1) is 10.4. The van der Waals surface area contributed by atoms with Gasteiger partial charge in [0.2, 0.25) is 0 Å². The van der Waals surface area contributed by atoms with Crippen molar-refractivity contribution in [2.24, 2.45) is 5.73 Å². The molecule has 70 valence electrons. The fourth-order valence-corrected chi connectivity index (χ4v) is 3.16. The van der Waals surface area contributed by atoms with Crippen molar-refractivity contribution in [1.82, 2.24) is 4.90 Å². The van der Waals surface area contributed by atoms with Gasteiger partial charge < -0.3 is 5.73 Å². The molecule has 0 unspecified atom stereocenters. The first-order valence-corrected chi connectivity index (χ1v) is 6.65. The molecule has 12 heavy (non-hydrogen) atoms. The minimum absolute atomic E-state index is 0.622. The summed E-state index contributed by atoms with van der Waals surface area (Å²) in [6.07, 6.45) is 0. The molecule has 1 saturated heterocycles. The van der Waals surface area contributed by atoms with Crippen molar-refractivity contribution >= 4 is 21.6 Å². The van der Waals surface area contributed by atoms with Crippen LogP contribution < -0.4 is 5.73 Å². The molecule has 0 radical (unpaired) electrons. The molecule has 0 amide bonds. The molecular weight excluding hydrogens is 188 g/mol. The lowest BCUT2D eigenvalue weighted by Crippen LogP contribution is -2.30. The summed E-state index contributed by atoms with van der Waals surface area (Å²) in [4.78, 5) is 2.43. The Morgan fingerprint density at radius 2 is 1.92 bits per heavy atom. The maximum atomic E-state index is 5.49. The van der Waals surface area contributed by atoms with Crippen molar-refractivity contribution < 1.29 is 0 Å². The zero-order valence-corrected chi connectivity index (χ0v) is 8.92. The van der Waals surface area contributed by atoms with Crippen LogP contribution in [0.15, 0.2) is 12.2 Å². The molecule has 1 aliphatic heterocycles. The smallest absolute Gasteiger partial charge is 0.0203 e. The Morgan fingerprint density at radius 3 is 2.42 bits per heavy atom. The fourth-order valence-electron chi connectivity index (χ4n) is 1.10. The minimum Gasteiger partial charge on any atom is -0.327 e. The molecule has 0 aromatic heterocycles. The second-order valence-electron chi connectivity index (χ2n) is 2.87. The van der Waals surface area contributed by atoms with Gasteiger partial charge in [-0.3, -0.25) is 4.90 Å². The molecule has 1 rings (SSSR count). The average Bonchev–Trinajstić information content (AvgIpc) is 2.33. The van der Waals surface area contributed by atoms with Gasteiger partial charge in [0.1, 0.15) is 0 Å². The summed E-state index contributed by atoms with van der Waals surface area (Å²) in [5.74, 6) is 2.45. The Morgan fingerprint density at radius 1 is 1.33 bits per heavy atom. The summed E-state index contributed by atoms with van der Waals surface area (Å²) in [5, 5.41) is 0. The molecular formula is C8H16N2S2. The van der Waals surface area contributed by atoms with Crippen LogP contribution in [0.3, 0.4) is 0 Å². The van der Waals surface area contributed by atoms with E-state index in [1.165, 1.54) is 24.6 Å². The van der Waals surface area contributed by atoms with Crippen LogP contribution in [0.2, 0.25) is 0 Å². The van der Waals surface area contributed by atoms with Crippen LogP contribution in [0.1, 0.15) is 0 Å². The zero-order valence-electron chi connectivity index (χ0n) is 7.29.